The molecule has 0 bridgehead atoms. The van der Waals surface area contributed by atoms with Crippen molar-refractivity contribution in [1.82, 2.24) is 9.88 Å². The lowest BCUT2D eigenvalue weighted by molar-refractivity contribution is 0.00578. The van der Waals surface area contributed by atoms with Crippen LogP contribution in [-0.2, 0) is 20.5 Å². The second-order valence-electron chi connectivity index (χ2n) is 8.86. The number of carbonyl (C=O) groups excluding carboxylic acids is 2. The summed E-state index contributed by atoms with van der Waals surface area (Å²) in [6, 6.07) is 0. The Bertz CT molecular complexity index is 744. The summed E-state index contributed by atoms with van der Waals surface area (Å²) in [7, 11) is -0.636. The fraction of sp³-hybridized carbons (Fsp3) is 0.667. The summed E-state index contributed by atoms with van der Waals surface area (Å²) in [4.78, 5) is 25.1. The summed E-state index contributed by atoms with van der Waals surface area (Å²) in [6.07, 6.45) is 1.63. The van der Waals surface area contributed by atoms with Crippen LogP contribution >= 0.6 is 0 Å². The average Bonchev–Trinajstić information content (AvgIpc) is 2.94. The molecule has 7 nitrogen and oxygen atoms in total. The van der Waals surface area contributed by atoms with Gasteiger partial charge in [-0.3, -0.25) is 4.79 Å². The summed E-state index contributed by atoms with van der Waals surface area (Å²) in [5, 5.41) is 2.78. The summed E-state index contributed by atoms with van der Waals surface area (Å²) < 4.78 is 19.0. The number of nitrogens with one attached hydrogen (secondary N) is 1. The van der Waals surface area contributed by atoms with Gasteiger partial charge >= 0.3 is 13.2 Å². The fourth-order valence-electron chi connectivity index (χ4n) is 3.09. The number of hydrogen-bond acceptors (Lipinski definition) is 5. The first kappa shape index (κ1) is 19.0. The van der Waals surface area contributed by atoms with Crippen molar-refractivity contribution in [2.24, 2.45) is 0 Å². The van der Waals surface area contributed by atoms with E-state index in [9.17, 15) is 9.59 Å². The molecule has 1 N–H and O–H groups in total. The van der Waals surface area contributed by atoms with E-state index in [-0.39, 0.29) is 5.91 Å². The maximum atomic E-state index is 12.6. The molecule has 8 heteroatoms. The van der Waals surface area contributed by atoms with Gasteiger partial charge in [-0.15, -0.1) is 0 Å². The van der Waals surface area contributed by atoms with Crippen molar-refractivity contribution in [3.8, 4) is 0 Å². The third kappa shape index (κ3) is 3.16. The molecule has 1 fully saturated rings. The van der Waals surface area contributed by atoms with Gasteiger partial charge in [-0.25, -0.2) is 9.36 Å². The molecule has 0 radical (unpaired) electrons. The molecular formula is C18H27BN2O5. The summed E-state index contributed by atoms with van der Waals surface area (Å²) >= 11 is 0. The van der Waals surface area contributed by atoms with E-state index in [1.165, 1.54) is 4.57 Å². The zero-order valence-electron chi connectivity index (χ0n) is 16.6. The molecular weight excluding hydrogens is 335 g/mol. The average molecular weight is 362 g/mol. The molecule has 2 aliphatic rings. The lowest BCUT2D eigenvalue weighted by Gasteiger charge is -2.32. The SMILES string of the molecule is CC(C)(C)OC(=O)n1cc(B2OC(C)(C)C(C)(C)O2)c2c1C(=O)NCC2. The maximum absolute atomic E-state index is 12.6. The molecule has 0 aliphatic carbocycles. The Morgan fingerprint density at radius 3 is 2.35 bits per heavy atom. The topological polar surface area (TPSA) is 78.8 Å². The predicted octanol–water partition coefficient (Wildman–Crippen LogP) is 1.86. The van der Waals surface area contributed by atoms with Crippen molar-refractivity contribution in [3.63, 3.8) is 0 Å². The van der Waals surface area contributed by atoms with Crippen molar-refractivity contribution in [3.05, 3.63) is 17.5 Å². The normalized spacial score (nSPS) is 21.3. The highest BCUT2D eigenvalue weighted by Crippen LogP contribution is 2.37. The van der Waals surface area contributed by atoms with E-state index in [1.54, 1.807) is 27.0 Å². The van der Waals surface area contributed by atoms with E-state index in [0.29, 0.717) is 24.1 Å². The molecule has 0 saturated carbocycles. The molecule has 1 saturated heterocycles. The van der Waals surface area contributed by atoms with Crippen LogP contribution in [0.4, 0.5) is 4.79 Å². The molecule has 0 aromatic carbocycles. The van der Waals surface area contributed by atoms with Gasteiger partial charge in [-0.05, 0) is 60.5 Å². The second kappa shape index (κ2) is 5.86. The Morgan fingerprint density at radius 2 is 1.81 bits per heavy atom. The van der Waals surface area contributed by atoms with Gasteiger partial charge in [-0.1, -0.05) is 0 Å². The minimum Gasteiger partial charge on any atom is -0.443 e. The molecule has 3 rings (SSSR count). The summed E-state index contributed by atoms with van der Waals surface area (Å²) in [6.45, 7) is 13.8. The van der Waals surface area contributed by atoms with Crippen LogP contribution in [0.3, 0.4) is 0 Å². The zero-order chi connectivity index (χ0) is 19.5. The first-order valence-corrected chi connectivity index (χ1v) is 8.94. The molecule has 1 amide bonds. The van der Waals surface area contributed by atoms with Crippen molar-refractivity contribution in [2.75, 3.05) is 6.54 Å². The van der Waals surface area contributed by atoms with Gasteiger partial charge in [-0.2, -0.15) is 0 Å². The summed E-state index contributed by atoms with van der Waals surface area (Å²) in [5.41, 5.74) is 0.113. The van der Waals surface area contributed by atoms with Crippen LogP contribution in [0.2, 0.25) is 0 Å². The van der Waals surface area contributed by atoms with Crippen LogP contribution in [0.1, 0.15) is 64.5 Å². The molecule has 0 atom stereocenters. The minimum absolute atomic E-state index is 0.292. The van der Waals surface area contributed by atoms with Gasteiger partial charge in [0, 0.05) is 18.2 Å². The first-order valence-electron chi connectivity index (χ1n) is 8.94. The molecule has 1 aromatic heterocycles. The van der Waals surface area contributed by atoms with Gasteiger partial charge in [0.2, 0.25) is 0 Å². The number of amides is 1. The largest absolute Gasteiger partial charge is 0.496 e. The Morgan fingerprint density at radius 1 is 1.23 bits per heavy atom. The van der Waals surface area contributed by atoms with Crippen molar-refractivity contribution < 1.29 is 23.6 Å². The number of carbonyl (C=O) groups is 2. The lowest BCUT2D eigenvalue weighted by Crippen LogP contribution is -2.41. The fourth-order valence-corrected chi connectivity index (χ4v) is 3.09. The molecule has 3 heterocycles. The minimum atomic E-state index is -0.663. The molecule has 26 heavy (non-hydrogen) atoms. The number of hydrogen-bond donors (Lipinski definition) is 1. The van der Waals surface area contributed by atoms with Gasteiger partial charge in [0.15, 0.2) is 0 Å². The molecule has 0 spiro atoms. The van der Waals surface area contributed by atoms with Crippen molar-refractivity contribution in [2.45, 2.75) is 71.7 Å². The number of ether oxygens (including phenoxy) is 1. The molecule has 1 aromatic rings. The van der Waals surface area contributed by atoms with Crippen LogP contribution in [-0.4, -0.2) is 47.0 Å². The zero-order valence-corrected chi connectivity index (χ0v) is 16.6. The Hall–Kier alpha value is -1.80. The highest BCUT2D eigenvalue weighted by Gasteiger charge is 2.53. The quantitative estimate of drug-likeness (QED) is 0.772. The number of fused-ring (bicyclic) bond motifs is 1. The van der Waals surface area contributed by atoms with Gasteiger partial charge < -0.3 is 19.4 Å². The summed E-state index contributed by atoms with van der Waals surface area (Å²) in [5.74, 6) is -0.292. The Labute approximate surface area is 154 Å². The predicted molar refractivity (Wildman–Crippen MR) is 97.8 cm³/mol. The number of nitrogens with zero attached hydrogens (tertiary/aromatic N) is 1. The standard InChI is InChI=1S/C18H27BN2O5/c1-16(2,3)24-15(23)21-10-12(11-8-9-20-14(22)13(11)21)19-25-17(4,5)18(6,7)26-19/h10H,8-9H2,1-7H3,(H,20,22). The molecule has 142 valence electrons. The van der Waals surface area contributed by atoms with E-state index in [2.05, 4.69) is 5.32 Å². The van der Waals surface area contributed by atoms with Crippen LogP contribution in [0, 0.1) is 0 Å². The van der Waals surface area contributed by atoms with Gasteiger partial charge in [0.05, 0.1) is 11.2 Å². The van der Waals surface area contributed by atoms with Crippen LogP contribution in [0.5, 0.6) is 0 Å². The van der Waals surface area contributed by atoms with E-state index in [0.717, 1.165) is 5.56 Å². The Balaban J connectivity index is 2.04. The van der Waals surface area contributed by atoms with Crippen LogP contribution in [0.25, 0.3) is 0 Å². The number of aromatic nitrogens is 1. The lowest BCUT2D eigenvalue weighted by atomic mass is 9.76. The molecule has 0 unspecified atom stereocenters. The van der Waals surface area contributed by atoms with Gasteiger partial charge in [0.25, 0.3) is 5.91 Å². The van der Waals surface area contributed by atoms with E-state index in [1.807, 2.05) is 27.7 Å². The monoisotopic (exact) mass is 362 g/mol. The van der Waals surface area contributed by atoms with Crippen LogP contribution in [0.15, 0.2) is 6.20 Å². The van der Waals surface area contributed by atoms with Crippen molar-refractivity contribution >= 4 is 24.6 Å². The highest BCUT2D eigenvalue weighted by molar-refractivity contribution is 6.63. The second-order valence-corrected chi connectivity index (χ2v) is 8.86. The smallest absolute Gasteiger partial charge is 0.443 e. The molecule has 2 aliphatic heterocycles. The van der Waals surface area contributed by atoms with Crippen LogP contribution < -0.4 is 10.8 Å². The Kier molecular flexibility index (Phi) is 4.27. The first-order chi connectivity index (χ1) is 11.8. The van der Waals surface area contributed by atoms with E-state index in [4.69, 9.17) is 14.0 Å². The third-order valence-corrected chi connectivity index (χ3v) is 5.12. The van der Waals surface area contributed by atoms with Gasteiger partial charge in [0.1, 0.15) is 11.3 Å². The third-order valence-electron chi connectivity index (χ3n) is 5.12. The highest BCUT2D eigenvalue weighted by atomic mass is 16.7. The van der Waals surface area contributed by atoms with E-state index >= 15 is 0 Å². The number of rotatable bonds is 1. The van der Waals surface area contributed by atoms with E-state index < -0.39 is 30.0 Å². The van der Waals surface area contributed by atoms with Crippen molar-refractivity contribution in [1.29, 1.82) is 0 Å². The maximum Gasteiger partial charge on any atom is 0.496 e.